The van der Waals surface area contributed by atoms with Gasteiger partial charge in [0.15, 0.2) is 0 Å². The average molecular weight is 182 g/mol. The monoisotopic (exact) mass is 182 g/mol. The Bertz CT molecular complexity index is 220. The second-order valence-corrected chi connectivity index (χ2v) is 4.26. The normalized spacial score (nSPS) is 31.2. The van der Waals surface area contributed by atoms with Crippen LogP contribution in [0.25, 0.3) is 0 Å². The summed E-state index contributed by atoms with van der Waals surface area (Å²) in [5.74, 6) is 0.542. The second kappa shape index (κ2) is 4.03. The smallest absolute Gasteiger partial charge is 0.139 e. The minimum absolute atomic E-state index is 0.261. The van der Waals surface area contributed by atoms with Gasteiger partial charge in [-0.1, -0.05) is 13.8 Å². The van der Waals surface area contributed by atoms with Gasteiger partial charge in [-0.05, 0) is 19.3 Å². The molecule has 0 saturated heterocycles. The molecule has 0 heterocycles. The van der Waals surface area contributed by atoms with Crippen LogP contribution in [0, 0.1) is 5.41 Å². The number of carbonyl (C=O) groups is 2. The third-order valence-corrected chi connectivity index (χ3v) is 3.15. The Morgan fingerprint density at radius 3 is 2.46 bits per heavy atom. The van der Waals surface area contributed by atoms with E-state index in [0.29, 0.717) is 19.3 Å². The summed E-state index contributed by atoms with van der Waals surface area (Å²) in [6.45, 7) is 3.92. The van der Waals surface area contributed by atoms with Crippen molar-refractivity contribution in [1.29, 1.82) is 0 Å². The lowest BCUT2D eigenvalue weighted by molar-refractivity contribution is -0.134. The lowest BCUT2D eigenvalue weighted by atomic mass is 9.74. The minimum Gasteiger partial charge on any atom is -0.300 e. The molecule has 1 unspecified atom stereocenters. The molecule has 2 heteroatoms. The van der Waals surface area contributed by atoms with Gasteiger partial charge in [0.1, 0.15) is 11.6 Å². The van der Waals surface area contributed by atoms with Crippen LogP contribution in [0.3, 0.4) is 0 Å². The van der Waals surface area contributed by atoms with Crippen LogP contribution in [0.15, 0.2) is 0 Å². The molecule has 0 bridgehead atoms. The zero-order valence-electron chi connectivity index (χ0n) is 8.56. The van der Waals surface area contributed by atoms with Gasteiger partial charge in [-0.2, -0.15) is 0 Å². The highest BCUT2D eigenvalue weighted by atomic mass is 16.1. The molecule has 1 saturated carbocycles. The highest BCUT2D eigenvalue weighted by Gasteiger charge is 2.33. The Labute approximate surface area is 79.7 Å². The molecule has 0 spiro atoms. The summed E-state index contributed by atoms with van der Waals surface area (Å²) in [6, 6.07) is 0. The maximum absolute atomic E-state index is 11.7. The van der Waals surface area contributed by atoms with Crippen molar-refractivity contribution in [2.45, 2.75) is 52.4 Å². The molecular weight excluding hydrogens is 164 g/mol. The number of hydrogen-bond donors (Lipinski definition) is 0. The molecule has 0 aromatic carbocycles. The third kappa shape index (κ3) is 2.39. The molecule has 0 amide bonds. The first-order valence-electron chi connectivity index (χ1n) is 5.13. The van der Waals surface area contributed by atoms with E-state index in [-0.39, 0.29) is 17.0 Å². The second-order valence-electron chi connectivity index (χ2n) is 4.26. The zero-order chi connectivity index (χ0) is 9.90. The molecule has 74 valence electrons. The summed E-state index contributed by atoms with van der Waals surface area (Å²) in [5.41, 5.74) is -0.364. The lowest BCUT2D eigenvalue weighted by Gasteiger charge is -2.27. The van der Waals surface area contributed by atoms with E-state index < -0.39 is 0 Å². The van der Waals surface area contributed by atoms with E-state index in [9.17, 15) is 9.59 Å². The molecule has 0 aromatic heterocycles. The summed E-state index contributed by atoms with van der Waals surface area (Å²) in [7, 11) is 0. The molecule has 1 aliphatic rings. The molecule has 1 atom stereocenters. The molecule has 1 fully saturated rings. The Balaban J connectivity index is 2.76. The van der Waals surface area contributed by atoms with Crippen LogP contribution in [0.4, 0.5) is 0 Å². The average Bonchev–Trinajstić information content (AvgIpc) is 2.10. The van der Waals surface area contributed by atoms with E-state index in [4.69, 9.17) is 0 Å². The van der Waals surface area contributed by atoms with Gasteiger partial charge >= 0.3 is 0 Å². The van der Waals surface area contributed by atoms with Crippen molar-refractivity contribution < 1.29 is 9.59 Å². The fraction of sp³-hybridized carbons (Fsp3) is 0.818. The van der Waals surface area contributed by atoms with Crippen molar-refractivity contribution in [3.8, 4) is 0 Å². The molecule has 0 radical (unpaired) electrons. The van der Waals surface area contributed by atoms with Gasteiger partial charge in [0.05, 0.1) is 0 Å². The summed E-state index contributed by atoms with van der Waals surface area (Å²) in [6.07, 6.45) is 4.37. The van der Waals surface area contributed by atoms with Crippen molar-refractivity contribution in [2.24, 2.45) is 5.41 Å². The van der Waals surface area contributed by atoms with E-state index in [1.165, 1.54) is 0 Å². The van der Waals surface area contributed by atoms with Crippen LogP contribution in [0.5, 0.6) is 0 Å². The van der Waals surface area contributed by atoms with Gasteiger partial charge in [0, 0.05) is 24.7 Å². The fourth-order valence-corrected chi connectivity index (χ4v) is 1.85. The van der Waals surface area contributed by atoms with Gasteiger partial charge in [-0.25, -0.2) is 0 Å². The minimum atomic E-state index is -0.364. The first kappa shape index (κ1) is 10.4. The van der Waals surface area contributed by atoms with E-state index in [0.717, 1.165) is 19.3 Å². The van der Waals surface area contributed by atoms with E-state index in [1.54, 1.807) is 0 Å². The topological polar surface area (TPSA) is 34.1 Å². The first-order valence-corrected chi connectivity index (χ1v) is 5.13. The SMILES string of the molecule is CCC1(C)CC(=O)CCCCC1=O. The maximum atomic E-state index is 11.7. The van der Waals surface area contributed by atoms with Crippen LogP contribution in [-0.4, -0.2) is 11.6 Å². The standard InChI is InChI=1S/C11H18O2/c1-3-11(2)8-9(12)6-4-5-7-10(11)13/h3-8H2,1-2H3. The van der Waals surface area contributed by atoms with Gasteiger partial charge in [0.25, 0.3) is 0 Å². The van der Waals surface area contributed by atoms with E-state index in [2.05, 4.69) is 0 Å². The van der Waals surface area contributed by atoms with Crippen molar-refractivity contribution in [2.75, 3.05) is 0 Å². The maximum Gasteiger partial charge on any atom is 0.139 e. The molecule has 1 aliphatic carbocycles. The van der Waals surface area contributed by atoms with E-state index in [1.807, 2.05) is 13.8 Å². The molecule has 13 heavy (non-hydrogen) atoms. The van der Waals surface area contributed by atoms with Gasteiger partial charge in [-0.3, -0.25) is 9.59 Å². The van der Waals surface area contributed by atoms with Crippen molar-refractivity contribution in [3.63, 3.8) is 0 Å². The number of Topliss-reactive ketones (excluding diaryl/α,β-unsaturated/α-hetero) is 2. The number of rotatable bonds is 1. The molecule has 0 aliphatic heterocycles. The Kier molecular flexibility index (Phi) is 3.23. The fourth-order valence-electron chi connectivity index (χ4n) is 1.85. The Morgan fingerprint density at radius 1 is 1.23 bits per heavy atom. The third-order valence-electron chi connectivity index (χ3n) is 3.15. The summed E-state index contributed by atoms with van der Waals surface area (Å²) >= 11 is 0. The highest BCUT2D eigenvalue weighted by molar-refractivity contribution is 5.91. The van der Waals surface area contributed by atoms with Crippen LogP contribution in [0.1, 0.15) is 52.4 Å². The number of ketones is 2. The number of hydrogen-bond acceptors (Lipinski definition) is 2. The van der Waals surface area contributed by atoms with Crippen LogP contribution < -0.4 is 0 Å². The number of carbonyl (C=O) groups excluding carboxylic acids is 2. The largest absolute Gasteiger partial charge is 0.300 e. The van der Waals surface area contributed by atoms with Crippen molar-refractivity contribution >= 4 is 11.6 Å². The highest BCUT2D eigenvalue weighted by Crippen LogP contribution is 2.32. The summed E-state index contributed by atoms with van der Waals surface area (Å²) in [4.78, 5) is 23.1. The van der Waals surface area contributed by atoms with Crippen LogP contribution in [0.2, 0.25) is 0 Å². The predicted molar refractivity (Wildman–Crippen MR) is 51.5 cm³/mol. The lowest BCUT2D eigenvalue weighted by Crippen LogP contribution is -2.31. The molecule has 0 N–H and O–H groups in total. The van der Waals surface area contributed by atoms with Gasteiger partial charge < -0.3 is 0 Å². The Hall–Kier alpha value is -0.660. The van der Waals surface area contributed by atoms with Crippen molar-refractivity contribution in [1.82, 2.24) is 0 Å². The van der Waals surface area contributed by atoms with Gasteiger partial charge in [0.2, 0.25) is 0 Å². The first-order chi connectivity index (χ1) is 6.08. The molecular formula is C11H18O2. The van der Waals surface area contributed by atoms with Crippen LogP contribution in [-0.2, 0) is 9.59 Å². The molecule has 2 nitrogen and oxygen atoms in total. The summed E-state index contributed by atoms with van der Waals surface area (Å²) < 4.78 is 0. The quantitative estimate of drug-likeness (QED) is 0.624. The van der Waals surface area contributed by atoms with Gasteiger partial charge in [-0.15, -0.1) is 0 Å². The van der Waals surface area contributed by atoms with Crippen molar-refractivity contribution in [3.05, 3.63) is 0 Å². The van der Waals surface area contributed by atoms with E-state index >= 15 is 0 Å². The summed E-state index contributed by atoms with van der Waals surface area (Å²) in [5, 5.41) is 0. The Morgan fingerprint density at radius 2 is 1.85 bits per heavy atom. The predicted octanol–water partition coefficient (Wildman–Crippen LogP) is 2.51. The zero-order valence-corrected chi connectivity index (χ0v) is 8.56. The van der Waals surface area contributed by atoms with Crippen LogP contribution >= 0.6 is 0 Å². The molecule has 1 rings (SSSR count). The molecule has 0 aromatic rings.